The van der Waals surface area contributed by atoms with E-state index in [-0.39, 0.29) is 5.41 Å². The Balaban J connectivity index is 2.07. The molecule has 1 aromatic heterocycles. The third-order valence-corrected chi connectivity index (χ3v) is 5.32. The Morgan fingerprint density at radius 2 is 2.05 bits per heavy atom. The monoisotopic (exact) mass is 338 g/mol. The zero-order chi connectivity index (χ0) is 14.0. The molecule has 0 fully saturated rings. The smallest absolute Gasteiger partial charge is 0.0981 e. The molecule has 1 heterocycles. The van der Waals surface area contributed by atoms with Gasteiger partial charge in [-0.25, -0.2) is 4.98 Å². The van der Waals surface area contributed by atoms with Crippen LogP contribution in [0.1, 0.15) is 36.2 Å². The Morgan fingerprint density at radius 3 is 2.68 bits per heavy atom. The normalized spacial score (nSPS) is 11.6. The summed E-state index contributed by atoms with van der Waals surface area (Å²) < 4.78 is 1.13. The molecule has 0 bridgehead atoms. The van der Waals surface area contributed by atoms with Crippen molar-refractivity contribution in [3.05, 3.63) is 44.3 Å². The highest BCUT2D eigenvalue weighted by atomic mass is 79.9. The number of halogens is 1. The van der Waals surface area contributed by atoms with Crippen LogP contribution in [0.4, 0.5) is 5.69 Å². The van der Waals surface area contributed by atoms with Gasteiger partial charge >= 0.3 is 0 Å². The molecule has 0 atom stereocenters. The van der Waals surface area contributed by atoms with Gasteiger partial charge in [-0.15, -0.1) is 11.3 Å². The van der Waals surface area contributed by atoms with E-state index in [2.05, 4.69) is 72.1 Å². The van der Waals surface area contributed by atoms with Gasteiger partial charge in [0.05, 0.1) is 11.6 Å². The van der Waals surface area contributed by atoms with Crippen LogP contribution >= 0.6 is 27.3 Å². The van der Waals surface area contributed by atoms with Crippen LogP contribution < -0.4 is 5.32 Å². The van der Waals surface area contributed by atoms with Gasteiger partial charge in [-0.1, -0.05) is 32.9 Å². The molecule has 0 amide bonds. The van der Waals surface area contributed by atoms with Gasteiger partial charge in [0, 0.05) is 26.6 Å². The molecule has 0 radical (unpaired) electrons. The molecule has 0 saturated carbocycles. The van der Waals surface area contributed by atoms with Gasteiger partial charge < -0.3 is 5.32 Å². The average Bonchev–Trinajstić information content (AvgIpc) is 2.79. The first kappa shape index (κ1) is 14.5. The maximum atomic E-state index is 4.51. The average molecular weight is 339 g/mol. The minimum Gasteiger partial charge on any atom is -0.379 e. The molecular formula is C15H19BrN2S. The lowest BCUT2D eigenvalue weighted by Crippen LogP contribution is -2.09. The first-order valence-electron chi connectivity index (χ1n) is 6.32. The van der Waals surface area contributed by atoms with Crippen LogP contribution in [-0.4, -0.2) is 4.98 Å². The van der Waals surface area contributed by atoms with Crippen LogP contribution in [0.25, 0.3) is 0 Å². The number of rotatable bonds is 3. The van der Waals surface area contributed by atoms with Crippen molar-refractivity contribution in [1.29, 1.82) is 0 Å². The number of hydrogen-bond acceptors (Lipinski definition) is 3. The molecule has 1 aromatic carbocycles. The third kappa shape index (κ3) is 3.57. The molecule has 0 aliphatic rings. The summed E-state index contributed by atoms with van der Waals surface area (Å²) in [6.45, 7) is 9.50. The number of nitrogens with one attached hydrogen (secondary N) is 1. The molecule has 102 valence electrons. The fraction of sp³-hybridized carbons (Fsp3) is 0.400. The molecule has 2 nitrogen and oxygen atoms in total. The molecule has 0 spiro atoms. The van der Waals surface area contributed by atoms with Crippen LogP contribution in [0.15, 0.2) is 28.9 Å². The Bertz CT molecular complexity index is 570. The summed E-state index contributed by atoms with van der Waals surface area (Å²) >= 11 is 5.40. The number of nitrogens with zero attached hydrogens (tertiary/aromatic N) is 1. The fourth-order valence-corrected chi connectivity index (χ4v) is 3.02. The van der Waals surface area contributed by atoms with Crippen LogP contribution in [0, 0.1) is 6.92 Å². The minimum absolute atomic E-state index is 0.132. The predicted octanol–water partition coefficient (Wildman–Crippen LogP) is 5.12. The van der Waals surface area contributed by atoms with Gasteiger partial charge in [0.1, 0.15) is 0 Å². The molecule has 4 heteroatoms. The Labute approximate surface area is 127 Å². The summed E-state index contributed by atoms with van der Waals surface area (Å²) in [5.74, 6) is 0. The van der Waals surface area contributed by atoms with Gasteiger partial charge in [-0.2, -0.15) is 0 Å². The molecular weight excluding hydrogens is 320 g/mol. The van der Waals surface area contributed by atoms with Crippen LogP contribution in [0.5, 0.6) is 0 Å². The maximum Gasteiger partial charge on any atom is 0.0981 e. The van der Waals surface area contributed by atoms with E-state index >= 15 is 0 Å². The van der Waals surface area contributed by atoms with Crippen molar-refractivity contribution in [2.75, 3.05) is 5.32 Å². The number of thiazole rings is 1. The highest BCUT2D eigenvalue weighted by molar-refractivity contribution is 9.10. The second-order valence-electron chi connectivity index (χ2n) is 5.67. The fourth-order valence-electron chi connectivity index (χ4n) is 1.70. The summed E-state index contributed by atoms with van der Waals surface area (Å²) in [4.78, 5) is 5.77. The van der Waals surface area contributed by atoms with E-state index < -0.39 is 0 Å². The lowest BCUT2D eigenvalue weighted by molar-refractivity contribution is 0.585. The van der Waals surface area contributed by atoms with Crippen molar-refractivity contribution in [3.63, 3.8) is 0 Å². The highest BCUT2D eigenvalue weighted by Crippen LogP contribution is 2.29. The first-order valence-corrected chi connectivity index (χ1v) is 7.93. The van der Waals surface area contributed by atoms with Crippen LogP contribution in [-0.2, 0) is 12.0 Å². The number of aryl methyl sites for hydroxylation is 1. The quantitative estimate of drug-likeness (QED) is 0.839. The lowest BCUT2D eigenvalue weighted by atomic mass is 9.98. The van der Waals surface area contributed by atoms with E-state index in [9.17, 15) is 0 Å². The van der Waals surface area contributed by atoms with Crippen LogP contribution in [0.2, 0.25) is 0 Å². The molecule has 0 unspecified atom stereocenters. The Kier molecular flexibility index (Phi) is 4.31. The highest BCUT2D eigenvalue weighted by Gasteiger charge is 2.17. The van der Waals surface area contributed by atoms with E-state index in [1.165, 1.54) is 15.4 Å². The van der Waals surface area contributed by atoms with Gasteiger partial charge in [0.25, 0.3) is 0 Å². The van der Waals surface area contributed by atoms with Crippen molar-refractivity contribution in [3.8, 4) is 0 Å². The van der Waals surface area contributed by atoms with Gasteiger partial charge in [0.15, 0.2) is 0 Å². The number of anilines is 1. The number of hydrogen-bond donors (Lipinski definition) is 1. The zero-order valence-corrected chi connectivity index (χ0v) is 14.2. The summed E-state index contributed by atoms with van der Waals surface area (Å²) in [6.07, 6.45) is 1.97. The van der Waals surface area contributed by atoms with Crippen molar-refractivity contribution < 1.29 is 0 Å². The second kappa shape index (κ2) is 5.63. The van der Waals surface area contributed by atoms with E-state index in [1.807, 2.05) is 6.20 Å². The predicted molar refractivity (Wildman–Crippen MR) is 87.0 cm³/mol. The zero-order valence-electron chi connectivity index (χ0n) is 11.7. The molecule has 0 saturated heterocycles. The summed E-state index contributed by atoms with van der Waals surface area (Å²) in [7, 11) is 0. The molecule has 2 rings (SSSR count). The van der Waals surface area contributed by atoms with Gasteiger partial charge in [0.2, 0.25) is 0 Å². The van der Waals surface area contributed by atoms with Gasteiger partial charge in [-0.05, 0) is 34.5 Å². The summed E-state index contributed by atoms with van der Waals surface area (Å²) in [5.41, 5.74) is 2.50. The summed E-state index contributed by atoms with van der Waals surface area (Å²) in [6, 6.07) is 6.25. The summed E-state index contributed by atoms with van der Waals surface area (Å²) in [5, 5.41) is 4.65. The van der Waals surface area contributed by atoms with E-state index in [1.54, 1.807) is 11.3 Å². The number of benzene rings is 1. The standard InChI is InChI=1S/C15H19BrN2S/c1-10-6-5-7-12(13(10)16)17-8-11-9-18-14(19-11)15(2,3)4/h5-7,9,17H,8H2,1-4H3. The molecule has 2 aromatic rings. The number of aromatic nitrogens is 1. The van der Waals surface area contributed by atoms with Crippen molar-refractivity contribution in [1.82, 2.24) is 4.98 Å². The maximum absolute atomic E-state index is 4.51. The molecule has 0 aliphatic carbocycles. The third-order valence-electron chi connectivity index (χ3n) is 2.84. The molecule has 1 N–H and O–H groups in total. The topological polar surface area (TPSA) is 24.9 Å². The largest absolute Gasteiger partial charge is 0.379 e. The Hall–Kier alpha value is -0.870. The van der Waals surface area contributed by atoms with Crippen LogP contribution in [0.3, 0.4) is 0 Å². The van der Waals surface area contributed by atoms with Crippen molar-refractivity contribution >= 4 is 33.0 Å². The SMILES string of the molecule is Cc1cccc(NCc2cnc(C(C)(C)C)s2)c1Br. The second-order valence-corrected chi connectivity index (χ2v) is 7.58. The lowest BCUT2D eigenvalue weighted by Gasteiger charge is -2.13. The van der Waals surface area contributed by atoms with E-state index in [0.29, 0.717) is 0 Å². The van der Waals surface area contributed by atoms with E-state index in [0.717, 1.165) is 16.7 Å². The first-order chi connectivity index (χ1) is 8.88. The van der Waals surface area contributed by atoms with Crippen molar-refractivity contribution in [2.24, 2.45) is 0 Å². The Morgan fingerprint density at radius 1 is 1.32 bits per heavy atom. The minimum atomic E-state index is 0.132. The molecule has 0 aliphatic heterocycles. The van der Waals surface area contributed by atoms with E-state index in [4.69, 9.17) is 0 Å². The van der Waals surface area contributed by atoms with Gasteiger partial charge in [-0.3, -0.25) is 0 Å². The molecule has 19 heavy (non-hydrogen) atoms. The van der Waals surface area contributed by atoms with Crippen molar-refractivity contribution in [2.45, 2.75) is 39.7 Å².